The second-order valence-electron chi connectivity index (χ2n) is 9.38. The van der Waals surface area contributed by atoms with Crippen LogP contribution in [-0.2, 0) is 15.9 Å². The van der Waals surface area contributed by atoms with Crippen molar-refractivity contribution in [1.82, 2.24) is 0 Å². The maximum absolute atomic E-state index is 6.07. The summed E-state index contributed by atoms with van der Waals surface area (Å²) in [7, 11) is 0. The lowest BCUT2D eigenvalue weighted by Crippen LogP contribution is -2.29. The second-order valence-corrected chi connectivity index (χ2v) is 9.38. The van der Waals surface area contributed by atoms with Crippen molar-refractivity contribution in [2.24, 2.45) is 5.92 Å². The summed E-state index contributed by atoms with van der Waals surface area (Å²) in [6.07, 6.45) is 10.4. The number of rotatable bonds is 18. The number of benzene rings is 1. The first-order chi connectivity index (χ1) is 15.4. The molecular weight excluding hydrogens is 404 g/mol. The Bertz CT molecular complexity index is 668. The molecule has 0 atom stereocenters. The fourth-order valence-electron chi connectivity index (χ4n) is 3.52. The average molecular weight is 449 g/mol. The van der Waals surface area contributed by atoms with Gasteiger partial charge < -0.3 is 23.7 Å². The number of hydrogen-bond donors (Lipinski definition) is 0. The molecule has 0 fully saturated rings. The summed E-state index contributed by atoms with van der Waals surface area (Å²) in [5.74, 6) is 2.47. The molecule has 0 unspecified atom stereocenters. The van der Waals surface area contributed by atoms with Gasteiger partial charge >= 0.3 is 0 Å². The first-order valence-corrected chi connectivity index (χ1v) is 12.4. The van der Waals surface area contributed by atoms with Crippen LogP contribution < -0.4 is 14.2 Å². The van der Waals surface area contributed by atoms with Crippen molar-refractivity contribution < 1.29 is 23.7 Å². The number of ether oxygens (including phenoxy) is 5. The molecule has 0 aliphatic carbocycles. The number of unbranched alkanes of at least 4 members (excludes halogenated alkanes) is 4. The molecule has 0 saturated carbocycles. The smallest absolute Gasteiger partial charge is 0.246 e. The van der Waals surface area contributed by atoms with Crippen molar-refractivity contribution >= 4 is 0 Å². The van der Waals surface area contributed by atoms with Gasteiger partial charge in [-0.25, -0.2) is 0 Å². The van der Waals surface area contributed by atoms with Gasteiger partial charge in [0.1, 0.15) is 5.75 Å². The van der Waals surface area contributed by atoms with Gasteiger partial charge in [0.25, 0.3) is 0 Å². The topological polar surface area (TPSA) is 46.2 Å². The van der Waals surface area contributed by atoms with Gasteiger partial charge in [0.15, 0.2) is 11.5 Å². The molecule has 1 aliphatic rings. The third-order valence-corrected chi connectivity index (χ3v) is 5.31. The van der Waals surface area contributed by atoms with Gasteiger partial charge in [-0.15, -0.1) is 6.58 Å². The SMILES string of the molecule is C=CCc1cc2c(cc1OCCCCCCOCCCCOCCC(C)C)OC(C)(C)O2. The largest absolute Gasteiger partial charge is 0.493 e. The molecule has 1 heterocycles. The lowest BCUT2D eigenvalue weighted by molar-refractivity contribution is -0.0431. The molecule has 0 N–H and O–H groups in total. The molecule has 1 aromatic rings. The fraction of sp³-hybridized carbons (Fsp3) is 0.704. The molecule has 182 valence electrons. The van der Waals surface area contributed by atoms with Gasteiger partial charge in [0.2, 0.25) is 5.79 Å². The second kappa shape index (κ2) is 14.4. The highest BCUT2D eigenvalue weighted by Crippen LogP contribution is 2.43. The zero-order chi connectivity index (χ0) is 23.2. The van der Waals surface area contributed by atoms with E-state index in [2.05, 4.69) is 20.4 Å². The van der Waals surface area contributed by atoms with Crippen LogP contribution in [0.5, 0.6) is 17.2 Å². The molecule has 0 amide bonds. The summed E-state index contributed by atoms with van der Waals surface area (Å²) in [4.78, 5) is 0. The van der Waals surface area contributed by atoms with Crippen molar-refractivity contribution in [1.29, 1.82) is 0 Å². The van der Waals surface area contributed by atoms with Gasteiger partial charge in [0, 0.05) is 51.9 Å². The molecule has 0 radical (unpaired) electrons. The Morgan fingerprint density at radius 1 is 0.844 bits per heavy atom. The first-order valence-electron chi connectivity index (χ1n) is 12.4. The van der Waals surface area contributed by atoms with Crippen molar-refractivity contribution in [2.75, 3.05) is 33.0 Å². The van der Waals surface area contributed by atoms with E-state index in [1.54, 1.807) is 0 Å². The molecule has 0 saturated heterocycles. The average Bonchev–Trinajstić information content (AvgIpc) is 3.03. The summed E-state index contributed by atoms with van der Waals surface area (Å²) in [6, 6.07) is 3.96. The molecule has 0 bridgehead atoms. The van der Waals surface area contributed by atoms with Crippen molar-refractivity contribution in [3.8, 4) is 17.2 Å². The summed E-state index contributed by atoms with van der Waals surface area (Å²) in [5.41, 5.74) is 1.08. The highest BCUT2D eigenvalue weighted by atomic mass is 16.7. The van der Waals surface area contributed by atoms with E-state index in [1.807, 2.05) is 32.1 Å². The third kappa shape index (κ3) is 10.3. The van der Waals surface area contributed by atoms with E-state index in [-0.39, 0.29) is 0 Å². The van der Waals surface area contributed by atoms with Gasteiger partial charge in [0.05, 0.1) is 6.61 Å². The molecule has 32 heavy (non-hydrogen) atoms. The van der Waals surface area contributed by atoms with E-state index in [4.69, 9.17) is 23.7 Å². The molecular formula is C27H44O5. The van der Waals surface area contributed by atoms with E-state index in [9.17, 15) is 0 Å². The maximum Gasteiger partial charge on any atom is 0.246 e. The van der Waals surface area contributed by atoms with Crippen LogP contribution in [-0.4, -0.2) is 38.8 Å². The maximum atomic E-state index is 6.07. The van der Waals surface area contributed by atoms with E-state index in [0.717, 1.165) is 107 Å². The summed E-state index contributed by atoms with van der Waals surface area (Å²) in [6.45, 7) is 16.2. The Labute approximate surface area is 195 Å². The highest BCUT2D eigenvalue weighted by molar-refractivity contribution is 5.53. The summed E-state index contributed by atoms with van der Waals surface area (Å²) in [5, 5.41) is 0. The van der Waals surface area contributed by atoms with Gasteiger partial charge in [-0.3, -0.25) is 0 Å². The minimum absolute atomic E-state index is 0.629. The van der Waals surface area contributed by atoms with Crippen LogP contribution in [0.2, 0.25) is 0 Å². The van der Waals surface area contributed by atoms with Crippen LogP contribution in [0.1, 0.15) is 78.2 Å². The van der Waals surface area contributed by atoms with Crippen LogP contribution in [0.4, 0.5) is 0 Å². The number of fused-ring (bicyclic) bond motifs is 1. The molecule has 5 nitrogen and oxygen atoms in total. The standard InChI is InChI=1S/C27H44O5/c1-6-13-23-20-25-26(32-27(4,5)31-25)21-24(23)30-18-10-8-7-9-15-28-16-11-12-17-29-19-14-22(2)3/h6,20-22H,1,7-19H2,2-5H3. The van der Waals surface area contributed by atoms with Crippen LogP contribution in [0.3, 0.4) is 0 Å². The van der Waals surface area contributed by atoms with Gasteiger partial charge in [-0.1, -0.05) is 26.3 Å². The normalized spacial score (nSPS) is 14.2. The summed E-state index contributed by atoms with van der Waals surface area (Å²) >= 11 is 0. The van der Waals surface area contributed by atoms with Gasteiger partial charge in [-0.05, 0) is 56.9 Å². The van der Waals surface area contributed by atoms with Crippen LogP contribution >= 0.6 is 0 Å². The van der Waals surface area contributed by atoms with E-state index in [0.29, 0.717) is 6.61 Å². The summed E-state index contributed by atoms with van der Waals surface area (Å²) < 4.78 is 29.1. The van der Waals surface area contributed by atoms with Crippen molar-refractivity contribution in [3.05, 3.63) is 30.4 Å². The Balaban J connectivity index is 1.50. The minimum Gasteiger partial charge on any atom is -0.493 e. The zero-order valence-electron chi connectivity index (χ0n) is 20.8. The van der Waals surface area contributed by atoms with E-state index >= 15 is 0 Å². The molecule has 5 heteroatoms. The van der Waals surface area contributed by atoms with E-state index in [1.165, 1.54) is 0 Å². The Kier molecular flexibility index (Phi) is 12.0. The Morgan fingerprint density at radius 2 is 1.41 bits per heavy atom. The van der Waals surface area contributed by atoms with Crippen molar-refractivity contribution in [2.45, 2.75) is 84.8 Å². The monoisotopic (exact) mass is 448 g/mol. The first kappa shape index (κ1) is 26.5. The van der Waals surface area contributed by atoms with Crippen LogP contribution in [0.25, 0.3) is 0 Å². The minimum atomic E-state index is -0.629. The lowest BCUT2D eigenvalue weighted by atomic mass is 10.1. The molecule has 1 aliphatic heterocycles. The Morgan fingerprint density at radius 3 is 2.03 bits per heavy atom. The number of allylic oxidation sites excluding steroid dienone is 1. The highest BCUT2D eigenvalue weighted by Gasteiger charge is 2.32. The van der Waals surface area contributed by atoms with E-state index < -0.39 is 5.79 Å². The number of hydrogen-bond acceptors (Lipinski definition) is 5. The van der Waals surface area contributed by atoms with Crippen molar-refractivity contribution in [3.63, 3.8) is 0 Å². The predicted molar refractivity (Wildman–Crippen MR) is 130 cm³/mol. The lowest BCUT2D eigenvalue weighted by Gasteiger charge is -2.16. The van der Waals surface area contributed by atoms with Gasteiger partial charge in [-0.2, -0.15) is 0 Å². The predicted octanol–water partition coefficient (Wildman–Crippen LogP) is 6.72. The zero-order valence-corrected chi connectivity index (χ0v) is 20.8. The van der Waals surface area contributed by atoms with Crippen LogP contribution in [0.15, 0.2) is 24.8 Å². The quantitative estimate of drug-likeness (QED) is 0.184. The van der Waals surface area contributed by atoms with Crippen LogP contribution in [0, 0.1) is 5.92 Å². The third-order valence-electron chi connectivity index (χ3n) is 5.31. The molecule has 0 spiro atoms. The Hall–Kier alpha value is -1.72. The molecule has 0 aromatic heterocycles. The molecule has 2 rings (SSSR count). The fourth-order valence-corrected chi connectivity index (χ4v) is 3.52. The molecule has 1 aromatic carbocycles.